The Morgan fingerprint density at radius 2 is 1.93 bits per heavy atom. The molecule has 2 fully saturated rings. The van der Waals surface area contributed by atoms with Crippen molar-refractivity contribution in [1.82, 2.24) is 0 Å². The molecule has 0 amide bonds. The highest BCUT2D eigenvalue weighted by Gasteiger charge is 2.46. The van der Waals surface area contributed by atoms with Crippen LogP contribution in [0.4, 0.5) is 0 Å². The molecular formula is C14H26. The molecular weight excluding hydrogens is 168 g/mol. The number of hydrogen-bond acceptors (Lipinski definition) is 0. The monoisotopic (exact) mass is 194 g/mol. The molecule has 2 rings (SSSR count). The van der Waals surface area contributed by atoms with Crippen LogP contribution in [-0.4, -0.2) is 0 Å². The van der Waals surface area contributed by atoms with E-state index in [4.69, 9.17) is 0 Å². The highest BCUT2D eigenvalue weighted by molar-refractivity contribution is 4.96. The fourth-order valence-corrected chi connectivity index (χ4v) is 4.49. The molecule has 2 unspecified atom stereocenters. The first-order valence-electron chi connectivity index (χ1n) is 6.77. The van der Waals surface area contributed by atoms with Crippen molar-refractivity contribution >= 4 is 0 Å². The van der Waals surface area contributed by atoms with E-state index in [0.29, 0.717) is 0 Å². The predicted octanol–water partition coefficient (Wildman–Crippen LogP) is 4.49. The zero-order valence-corrected chi connectivity index (χ0v) is 10.1. The van der Waals surface area contributed by atoms with Crippen molar-refractivity contribution in [2.75, 3.05) is 0 Å². The number of hydrogen-bond donors (Lipinski definition) is 0. The van der Waals surface area contributed by atoms with Gasteiger partial charge in [0, 0.05) is 0 Å². The van der Waals surface area contributed by atoms with Gasteiger partial charge in [0.15, 0.2) is 0 Å². The van der Waals surface area contributed by atoms with Crippen molar-refractivity contribution in [1.29, 1.82) is 0 Å². The summed E-state index contributed by atoms with van der Waals surface area (Å²) < 4.78 is 0. The highest BCUT2D eigenvalue weighted by atomic mass is 14.5. The summed E-state index contributed by atoms with van der Waals surface area (Å²) in [6.07, 6.45) is 8.97. The van der Waals surface area contributed by atoms with Crippen LogP contribution in [0, 0.1) is 29.6 Å². The normalized spacial score (nSPS) is 46.9. The van der Waals surface area contributed by atoms with Crippen molar-refractivity contribution < 1.29 is 0 Å². The van der Waals surface area contributed by atoms with E-state index >= 15 is 0 Å². The van der Waals surface area contributed by atoms with E-state index in [1.807, 2.05) is 0 Å². The van der Waals surface area contributed by atoms with Gasteiger partial charge >= 0.3 is 0 Å². The smallest absolute Gasteiger partial charge is 0.0326 e. The lowest BCUT2D eigenvalue weighted by Crippen LogP contribution is -2.19. The molecule has 82 valence electrons. The summed E-state index contributed by atoms with van der Waals surface area (Å²) in [6.45, 7) is 7.26. The topological polar surface area (TPSA) is 0 Å². The van der Waals surface area contributed by atoms with Gasteiger partial charge < -0.3 is 0 Å². The van der Waals surface area contributed by atoms with E-state index < -0.39 is 0 Å². The minimum atomic E-state index is 1.03. The molecule has 0 aromatic heterocycles. The summed E-state index contributed by atoms with van der Waals surface area (Å²) >= 11 is 0. The zero-order valence-electron chi connectivity index (χ0n) is 10.1. The molecule has 0 saturated heterocycles. The molecule has 0 heterocycles. The molecule has 0 aliphatic heterocycles. The molecule has 2 saturated carbocycles. The van der Waals surface area contributed by atoms with Crippen LogP contribution in [0.3, 0.4) is 0 Å². The Hall–Kier alpha value is 0. The van der Waals surface area contributed by atoms with E-state index in [-0.39, 0.29) is 0 Å². The quantitative estimate of drug-likeness (QED) is 0.621. The van der Waals surface area contributed by atoms with Crippen LogP contribution in [0.15, 0.2) is 0 Å². The molecule has 0 aromatic rings. The van der Waals surface area contributed by atoms with Crippen molar-refractivity contribution in [3.63, 3.8) is 0 Å². The van der Waals surface area contributed by atoms with Crippen LogP contribution >= 0.6 is 0 Å². The van der Waals surface area contributed by atoms with Gasteiger partial charge in [-0.15, -0.1) is 0 Å². The highest BCUT2D eigenvalue weighted by Crippen LogP contribution is 2.55. The van der Waals surface area contributed by atoms with Crippen molar-refractivity contribution in [3.8, 4) is 0 Å². The molecule has 0 heteroatoms. The third kappa shape index (κ3) is 1.61. The Morgan fingerprint density at radius 1 is 1.14 bits per heavy atom. The Balaban J connectivity index is 2.07. The molecule has 0 N–H and O–H groups in total. The van der Waals surface area contributed by atoms with E-state index in [1.165, 1.54) is 19.3 Å². The fourth-order valence-electron chi connectivity index (χ4n) is 4.49. The van der Waals surface area contributed by atoms with Gasteiger partial charge in [-0.2, -0.15) is 0 Å². The molecule has 0 spiro atoms. The largest absolute Gasteiger partial charge is 0.0654 e. The van der Waals surface area contributed by atoms with E-state index in [0.717, 1.165) is 29.6 Å². The predicted molar refractivity (Wildman–Crippen MR) is 62.2 cm³/mol. The van der Waals surface area contributed by atoms with Gasteiger partial charge in [0.2, 0.25) is 0 Å². The van der Waals surface area contributed by atoms with Gasteiger partial charge in [0.1, 0.15) is 0 Å². The molecule has 14 heavy (non-hydrogen) atoms. The van der Waals surface area contributed by atoms with E-state index in [9.17, 15) is 0 Å². The Labute approximate surface area is 89.5 Å². The van der Waals surface area contributed by atoms with Crippen LogP contribution in [0.25, 0.3) is 0 Å². The second-order valence-electron chi connectivity index (χ2n) is 5.75. The van der Waals surface area contributed by atoms with E-state index in [1.54, 1.807) is 19.3 Å². The number of fused-ring (bicyclic) bond motifs is 1. The Bertz CT molecular complexity index is 182. The average Bonchev–Trinajstić information content (AvgIpc) is 2.68. The minimum absolute atomic E-state index is 1.03. The molecule has 0 nitrogen and oxygen atoms in total. The molecule has 0 aromatic carbocycles. The van der Waals surface area contributed by atoms with E-state index in [2.05, 4.69) is 20.8 Å². The third-order valence-corrected chi connectivity index (χ3v) is 5.04. The van der Waals surface area contributed by atoms with Gasteiger partial charge in [-0.25, -0.2) is 0 Å². The van der Waals surface area contributed by atoms with Crippen LogP contribution in [0.1, 0.15) is 59.3 Å². The van der Waals surface area contributed by atoms with Crippen molar-refractivity contribution in [2.24, 2.45) is 29.6 Å². The maximum Gasteiger partial charge on any atom is -0.0326 e. The minimum Gasteiger partial charge on any atom is -0.0654 e. The molecule has 2 aliphatic carbocycles. The second kappa shape index (κ2) is 4.24. The third-order valence-electron chi connectivity index (χ3n) is 5.04. The molecule has 5 atom stereocenters. The van der Waals surface area contributed by atoms with Gasteiger partial charge in [0.05, 0.1) is 0 Å². The first-order chi connectivity index (χ1) is 6.77. The van der Waals surface area contributed by atoms with Crippen LogP contribution < -0.4 is 0 Å². The van der Waals surface area contributed by atoms with Crippen LogP contribution in [-0.2, 0) is 0 Å². The average molecular weight is 194 g/mol. The van der Waals surface area contributed by atoms with Crippen molar-refractivity contribution in [2.45, 2.75) is 59.3 Å². The van der Waals surface area contributed by atoms with Gasteiger partial charge in [0.25, 0.3) is 0 Å². The Morgan fingerprint density at radius 3 is 2.57 bits per heavy atom. The first kappa shape index (κ1) is 10.5. The molecule has 0 bridgehead atoms. The summed E-state index contributed by atoms with van der Waals surface area (Å²) in [5.74, 6) is 5.43. The maximum atomic E-state index is 2.51. The van der Waals surface area contributed by atoms with Gasteiger partial charge in [-0.1, -0.05) is 40.0 Å². The lowest BCUT2D eigenvalue weighted by atomic mass is 9.79. The summed E-state index contributed by atoms with van der Waals surface area (Å²) in [5.41, 5.74) is 0. The SMILES string of the molecule is CCC[C@@H]1C2C(CC[C@@H]2CC)C[C@H]1C. The van der Waals surface area contributed by atoms with Gasteiger partial charge in [-0.05, 0) is 48.9 Å². The summed E-state index contributed by atoms with van der Waals surface area (Å²) in [5, 5.41) is 0. The van der Waals surface area contributed by atoms with Crippen molar-refractivity contribution in [3.05, 3.63) is 0 Å². The Kier molecular flexibility index (Phi) is 3.19. The zero-order chi connectivity index (χ0) is 10.1. The number of rotatable bonds is 3. The lowest BCUT2D eigenvalue weighted by Gasteiger charge is -2.26. The standard InChI is InChI=1S/C14H26/c1-4-6-13-10(3)9-12-8-7-11(5-2)14(12)13/h10-14H,4-9H2,1-3H3/t10-,11+,12?,13+,14?/m1/s1. The summed E-state index contributed by atoms with van der Waals surface area (Å²) in [4.78, 5) is 0. The molecule has 2 aliphatic rings. The first-order valence-corrected chi connectivity index (χ1v) is 6.77. The second-order valence-corrected chi connectivity index (χ2v) is 5.75. The fraction of sp³-hybridized carbons (Fsp3) is 1.00. The van der Waals surface area contributed by atoms with Crippen LogP contribution in [0.2, 0.25) is 0 Å². The summed E-state index contributed by atoms with van der Waals surface area (Å²) in [7, 11) is 0. The maximum absolute atomic E-state index is 2.51. The molecule has 0 radical (unpaired) electrons. The summed E-state index contributed by atoms with van der Waals surface area (Å²) in [6, 6.07) is 0. The lowest BCUT2D eigenvalue weighted by molar-refractivity contribution is 0.224. The van der Waals surface area contributed by atoms with Crippen LogP contribution in [0.5, 0.6) is 0 Å². The van der Waals surface area contributed by atoms with Gasteiger partial charge in [-0.3, -0.25) is 0 Å².